The summed E-state index contributed by atoms with van der Waals surface area (Å²) in [6.07, 6.45) is 5.32. The molecule has 2 aliphatic rings. The summed E-state index contributed by atoms with van der Waals surface area (Å²) in [5.74, 6) is 0.988. The molecule has 2 rings (SSSR count). The Morgan fingerprint density at radius 3 is 2.60 bits per heavy atom. The van der Waals surface area contributed by atoms with Crippen LogP contribution in [0.3, 0.4) is 0 Å². The van der Waals surface area contributed by atoms with Gasteiger partial charge in [0.25, 0.3) is 0 Å². The molecule has 2 saturated carbocycles. The lowest BCUT2D eigenvalue weighted by molar-refractivity contribution is 0.551. The van der Waals surface area contributed by atoms with Crippen molar-refractivity contribution in [1.82, 2.24) is 5.32 Å². The van der Waals surface area contributed by atoms with Crippen LogP contribution in [0.4, 0.5) is 0 Å². The van der Waals surface area contributed by atoms with Crippen LogP contribution in [0.25, 0.3) is 0 Å². The highest BCUT2D eigenvalue weighted by molar-refractivity contribution is 5.00. The van der Waals surface area contributed by atoms with E-state index in [1.54, 1.807) is 0 Å². The number of rotatable bonds is 4. The summed E-state index contributed by atoms with van der Waals surface area (Å²) < 4.78 is 0. The van der Waals surface area contributed by atoms with Crippen LogP contribution in [0, 0.1) is 5.92 Å². The summed E-state index contributed by atoms with van der Waals surface area (Å²) in [6.45, 7) is 2.25. The van der Waals surface area contributed by atoms with Gasteiger partial charge < -0.3 is 11.1 Å². The van der Waals surface area contributed by atoms with Gasteiger partial charge in [0.2, 0.25) is 0 Å². The van der Waals surface area contributed by atoms with Crippen molar-refractivity contribution < 1.29 is 0 Å². The van der Waals surface area contributed by atoms with Gasteiger partial charge in [0.05, 0.1) is 0 Å². The van der Waals surface area contributed by atoms with Gasteiger partial charge in [-0.05, 0) is 38.1 Å². The van der Waals surface area contributed by atoms with Crippen molar-refractivity contribution >= 4 is 0 Å². The monoisotopic (exact) mass is 140 g/mol. The predicted molar refractivity (Wildman–Crippen MR) is 41.7 cm³/mol. The van der Waals surface area contributed by atoms with E-state index in [2.05, 4.69) is 5.32 Å². The minimum Gasteiger partial charge on any atom is -0.324 e. The molecule has 10 heavy (non-hydrogen) atoms. The first-order chi connectivity index (χ1) is 4.79. The molecule has 3 N–H and O–H groups in total. The molecule has 0 radical (unpaired) electrons. The molecule has 0 unspecified atom stereocenters. The molecule has 58 valence electrons. The highest BCUT2D eigenvalue weighted by Gasteiger charge is 2.37. The van der Waals surface area contributed by atoms with Gasteiger partial charge in [-0.3, -0.25) is 0 Å². The van der Waals surface area contributed by atoms with E-state index in [-0.39, 0.29) is 5.54 Å². The Labute approximate surface area is 62.2 Å². The third kappa shape index (κ3) is 1.70. The zero-order chi connectivity index (χ0) is 7.03. The van der Waals surface area contributed by atoms with Crippen molar-refractivity contribution in [3.8, 4) is 0 Å². The van der Waals surface area contributed by atoms with E-state index in [4.69, 9.17) is 5.73 Å². The minimum absolute atomic E-state index is 0.203. The lowest BCUT2D eigenvalue weighted by Gasteiger charge is -2.08. The third-order valence-corrected chi connectivity index (χ3v) is 2.50. The molecule has 0 bridgehead atoms. The number of hydrogen-bond acceptors (Lipinski definition) is 2. The average molecular weight is 140 g/mol. The summed E-state index contributed by atoms with van der Waals surface area (Å²) in [7, 11) is 0. The van der Waals surface area contributed by atoms with Crippen molar-refractivity contribution in [2.45, 2.75) is 31.2 Å². The highest BCUT2D eigenvalue weighted by Crippen LogP contribution is 2.32. The number of hydrogen-bond donors (Lipinski definition) is 2. The van der Waals surface area contributed by atoms with Gasteiger partial charge >= 0.3 is 0 Å². The maximum atomic E-state index is 5.89. The molecule has 0 saturated heterocycles. The average Bonchev–Trinajstić information content (AvgIpc) is 2.70. The summed E-state index contributed by atoms with van der Waals surface area (Å²) in [5.41, 5.74) is 6.09. The molecule has 2 aliphatic carbocycles. The molecule has 0 aromatic heterocycles. The third-order valence-electron chi connectivity index (χ3n) is 2.50. The number of nitrogens with one attached hydrogen (secondary N) is 1. The molecular formula is C8H16N2. The molecule has 0 atom stereocenters. The van der Waals surface area contributed by atoms with E-state index in [1.165, 1.54) is 32.2 Å². The van der Waals surface area contributed by atoms with E-state index >= 15 is 0 Å². The Morgan fingerprint density at radius 1 is 1.40 bits per heavy atom. The van der Waals surface area contributed by atoms with Gasteiger partial charge in [-0.2, -0.15) is 0 Å². The van der Waals surface area contributed by atoms with E-state index in [0.29, 0.717) is 0 Å². The van der Waals surface area contributed by atoms with Crippen LogP contribution in [-0.2, 0) is 0 Å². The Kier molecular flexibility index (Phi) is 1.46. The van der Waals surface area contributed by atoms with Crippen molar-refractivity contribution in [1.29, 1.82) is 0 Å². The van der Waals surface area contributed by atoms with Crippen LogP contribution in [0.15, 0.2) is 0 Å². The smallest absolute Gasteiger partial charge is 0.0282 e. The first-order valence-corrected chi connectivity index (χ1v) is 4.28. The lowest BCUT2D eigenvalue weighted by atomic mass is 10.3. The van der Waals surface area contributed by atoms with Gasteiger partial charge in [0, 0.05) is 12.1 Å². The molecule has 0 aromatic rings. The van der Waals surface area contributed by atoms with Gasteiger partial charge in [-0.15, -0.1) is 0 Å². The second kappa shape index (κ2) is 2.21. The Bertz CT molecular complexity index is 125. The van der Waals surface area contributed by atoms with Crippen molar-refractivity contribution in [2.75, 3.05) is 13.1 Å². The maximum absolute atomic E-state index is 5.89. The molecule has 2 heteroatoms. The molecule has 0 heterocycles. The Morgan fingerprint density at radius 2 is 2.10 bits per heavy atom. The van der Waals surface area contributed by atoms with Crippen LogP contribution in [0.5, 0.6) is 0 Å². The first kappa shape index (κ1) is 6.62. The van der Waals surface area contributed by atoms with Crippen molar-refractivity contribution in [3.05, 3.63) is 0 Å². The molecule has 0 aliphatic heterocycles. The van der Waals surface area contributed by atoms with Gasteiger partial charge in [0.1, 0.15) is 0 Å². The lowest BCUT2D eigenvalue weighted by Crippen LogP contribution is -2.36. The zero-order valence-electron chi connectivity index (χ0n) is 6.40. The largest absolute Gasteiger partial charge is 0.324 e. The molecular weight excluding hydrogens is 124 g/mol. The van der Waals surface area contributed by atoms with Crippen LogP contribution in [-0.4, -0.2) is 18.6 Å². The second-order valence-corrected chi connectivity index (χ2v) is 3.94. The van der Waals surface area contributed by atoms with E-state index in [1.807, 2.05) is 0 Å². The molecule has 2 fully saturated rings. The predicted octanol–water partition coefficient (Wildman–Crippen LogP) is 0.477. The fourth-order valence-electron chi connectivity index (χ4n) is 1.18. The molecule has 0 amide bonds. The normalized spacial score (nSPS) is 28.5. The van der Waals surface area contributed by atoms with Crippen LogP contribution >= 0.6 is 0 Å². The Hall–Kier alpha value is -0.0800. The van der Waals surface area contributed by atoms with Crippen LogP contribution in [0.1, 0.15) is 25.7 Å². The van der Waals surface area contributed by atoms with Gasteiger partial charge in [-0.25, -0.2) is 0 Å². The quantitative estimate of drug-likeness (QED) is 0.596. The van der Waals surface area contributed by atoms with E-state index in [9.17, 15) is 0 Å². The molecule has 2 nitrogen and oxygen atoms in total. The summed E-state index contributed by atoms with van der Waals surface area (Å²) in [5, 5.41) is 3.42. The maximum Gasteiger partial charge on any atom is 0.0282 e. The van der Waals surface area contributed by atoms with Gasteiger partial charge in [0.15, 0.2) is 0 Å². The topological polar surface area (TPSA) is 38.0 Å². The number of nitrogens with two attached hydrogens (primary N) is 1. The van der Waals surface area contributed by atoms with E-state index < -0.39 is 0 Å². The fourth-order valence-corrected chi connectivity index (χ4v) is 1.18. The fraction of sp³-hybridized carbons (Fsp3) is 1.00. The van der Waals surface area contributed by atoms with E-state index in [0.717, 1.165) is 12.5 Å². The van der Waals surface area contributed by atoms with Crippen LogP contribution < -0.4 is 11.1 Å². The molecule has 0 spiro atoms. The summed E-state index contributed by atoms with van der Waals surface area (Å²) in [6, 6.07) is 0. The van der Waals surface area contributed by atoms with Crippen LogP contribution in [0.2, 0.25) is 0 Å². The minimum atomic E-state index is 0.203. The summed E-state index contributed by atoms with van der Waals surface area (Å²) >= 11 is 0. The zero-order valence-corrected chi connectivity index (χ0v) is 6.40. The second-order valence-electron chi connectivity index (χ2n) is 3.94. The first-order valence-electron chi connectivity index (χ1n) is 4.28. The molecule has 0 aromatic carbocycles. The highest BCUT2D eigenvalue weighted by atomic mass is 15.0. The van der Waals surface area contributed by atoms with Gasteiger partial charge in [-0.1, -0.05) is 0 Å². The Balaban J connectivity index is 1.54. The standard InChI is InChI=1S/C8H16N2/c9-8(3-4-8)6-10-5-7-1-2-7/h7,10H,1-6,9H2. The SMILES string of the molecule is NC1(CNCC2CC2)CC1. The van der Waals surface area contributed by atoms with Crippen molar-refractivity contribution in [3.63, 3.8) is 0 Å². The van der Waals surface area contributed by atoms with Crippen molar-refractivity contribution in [2.24, 2.45) is 11.7 Å². The summed E-state index contributed by atoms with van der Waals surface area (Å²) in [4.78, 5) is 0.